The van der Waals surface area contributed by atoms with Gasteiger partial charge in [-0.1, -0.05) is 27.5 Å². The van der Waals surface area contributed by atoms with E-state index < -0.39 is 0 Å². The normalized spacial score (nSPS) is 23.1. The minimum absolute atomic E-state index is 0.00294. The molecular weight excluding hydrogens is 320 g/mol. The average molecular weight is 334 g/mol. The lowest BCUT2D eigenvalue weighted by Gasteiger charge is -2.18. The zero-order valence-electron chi connectivity index (χ0n) is 9.87. The highest BCUT2D eigenvalue weighted by Crippen LogP contribution is 2.21. The molecule has 2 rings (SSSR count). The number of carbonyl (C=O) groups is 1. The summed E-state index contributed by atoms with van der Waals surface area (Å²) in [6, 6.07) is 5.17. The predicted molar refractivity (Wildman–Crippen MR) is 74.1 cm³/mol. The maximum absolute atomic E-state index is 12.1. The molecule has 1 aromatic rings. The summed E-state index contributed by atoms with van der Waals surface area (Å²) in [5.74, 6) is -0.178. The maximum atomic E-state index is 12.1. The smallest absolute Gasteiger partial charge is 0.253 e. The van der Waals surface area contributed by atoms with Crippen LogP contribution >= 0.6 is 27.5 Å². The van der Waals surface area contributed by atoms with Crippen LogP contribution in [0.25, 0.3) is 0 Å². The van der Waals surface area contributed by atoms with Gasteiger partial charge in [0.1, 0.15) is 0 Å². The topological polar surface area (TPSA) is 50.4 Å². The van der Waals surface area contributed by atoms with Crippen molar-refractivity contribution in [1.29, 1.82) is 0 Å². The van der Waals surface area contributed by atoms with Gasteiger partial charge in [-0.15, -0.1) is 0 Å². The summed E-state index contributed by atoms with van der Waals surface area (Å²) in [7, 11) is 1.64. The second-order valence-corrected chi connectivity index (χ2v) is 5.46. The van der Waals surface area contributed by atoms with Gasteiger partial charge in [0, 0.05) is 24.7 Å². The van der Waals surface area contributed by atoms with E-state index in [1.165, 1.54) is 0 Å². The SMILES string of the molecule is CO[C@@H]1CNCC1NC(=O)c1ccc(Br)cc1Cl. The molecule has 1 fully saturated rings. The van der Waals surface area contributed by atoms with E-state index in [-0.39, 0.29) is 18.1 Å². The molecule has 0 bridgehead atoms. The van der Waals surface area contributed by atoms with Gasteiger partial charge in [0.15, 0.2) is 0 Å². The summed E-state index contributed by atoms with van der Waals surface area (Å²) in [6.07, 6.45) is 0.00294. The van der Waals surface area contributed by atoms with Crippen molar-refractivity contribution in [2.24, 2.45) is 0 Å². The van der Waals surface area contributed by atoms with E-state index in [4.69, 9.17) is 16.3 Å². The van der Waals surface area contributed by atoms with Crippen LogP contribution in [0.2, 0.25) is 5.02 Å². The Morgan fingerprint density at radius 1 is 1.56 bits per heavy atom. The van der Waals surface area contributed by atoms with Gasteiger partial charge in [0.2, 0.25) is 0 Å². The number of amides is 1. The van der Waals surface area contributed by atoms with E-state index in [9.17, 15) is 4.79 Å². The second-order valence-electron chi connectivity index (χ2n) is 4.14. The summed E-state index contributed by atoms with van der Waals surface area (Å²) in [5.41, 5.74) is 0.474. The van der Waals surface area contributed by atoms with E-state index in [1.807, 2.05) is 0 Å². The van der Waals surface area contributed by atoms with Crippen molar-refractivity contribution in [2.45, 2.75) is 12.1 Å². The number of hydrogen-bond donors (Lipinski definition) is 2. The fourth-order valence-corrected chi connectivity index (χ4v) is 2.73. The molecule has 1 amide bonds. The van der Waals surface area contributed by atoms with Crippen LogP contribution < -0.4 is 10.6 Å². The van der Waals surface area contributed by atoms with Gasteiger partial charge in [-0.05, 0) is 18.2 Å². The van der Waals surface area contributed by atoms with E-state index in [0.29, 0.717) is 17.1 Å². The standard InChI is InChI=1S/C12H14BrClN2O2/c1-18-11-6-15-5-10(11)16-12(17)8-3-2-7(13)4-9(8)14/h2-4,10-11,15H,5-6H2,1H3,(H,16,17)/t10?,11-/m1/s1. The minimum Gasteiger partial charge on any atom is -0.378 e. The zero-order chi connectivity index (χ0) is 13.1. The van der Waals surface area contributed by atoms with Gasteiger partial charge in [-0.3, -0.25) is 4.79 Å². The first-order valence-corrected chi connectivity index (χ1v) is 6.78. The van der Waals surface area contributed by atoms with E-state index in [2.05, 4.69) is 26.6 Å². The monoisotopic (exact) mass is 332 g/mol. The van der Waals surface area contributed by atoms with Crippen molar-refractivity contribution in [1.82, 2.24) is 10.6 Å². The van der Waals surface area contributed by atoms with Gasteiger partial charge in [-0.2, -0.15) is 0 Å². The van der Waals surface area contributed by atoms with Crippen molar-refractivity contribution in [3.63, 3.8) is 0 Å². The number of halogens is 2. The maximum Gasteiger partial charge on any atom is 0.253 e. The van der Waals surface area contributed by atoms with Crippen LogP contribution in [0.4, 0.5) is 0 Å². The number of carbonyl (C=O) groups excluding carboxylic acids is 1. The van der Waals surface area contributed by atoms with Gasteiger partial charge < -0.3 is 15.4 Å². The van der Waals surface area contributed by atoms with E-state index in [0.717, 1.165) is 11.0 Å². The Balaban J connectivity index is 2.07. The Kier molecular flexibility index (Phi) is 4.61. The summed E-state index contributed by atoms with van der Waals surface area (Å²) < 4.78 is 6.14. The fourth-order valence-electron chi connectivity index (χ4n) is 1.97. The van der Waals surface area contributed by atoms with Crippen LogP contribution in [0, 0.1) is 0 Å². The number of methoxy groups -OCH3 is 1. The number of benzene rings is 1. The first kappa shape index (κ1) is 13.8. The second kappa shape index (κ2) is 6.02. The lowest BCUT2D eigenvalue weighted by molar-refractivity contribution is 0.0780. The number of ether oxygens (including phenoxy) is 1. The molecule has 98 valence electrons. The van der Waals surface area contributed by atoms with Crippen LogP contribution in [0.1, 0.15) is 10.4 Å². The third-order valence-electron chi connectivity index (χ3n) is 2.95. The fraction of sp³-hybridized carbons (Fsp3) is 0.417. The van der Waals surface area contributed by atoms with Gasteiger partial charge in [-0.25, -0.2) is 0 Å². The minimum atomic E-state index is -0.178. The van der Waals surface area contributed by atoms with Crippen molar-refractivity contribution < 1.29 is 9.53 Å². The predicted octanol–water partition coefficient (Wildman–Crippen LogP) is 1.82. The molecule has 1 aliphatic heterocycles. The van der Waals surface area contributed by atoms with Crippen LogP contribution in [-0.2, 0) is 4.74 Å². The molecule has 1 saturated heterocycles. The van der Waals surface area contributed by atoms with Crippen LogP contribution in [0.3, 0.4) is 0 Å². The van der Waals surface area contributed by atoms with Gasteiger partial charge in [0.25, 0.3) is 5.91 Å². The molecule has 2 N–H and O–H groups in total. The van der Waals surface area contributed by atoms with E-state index >= 15 is 0 Å². The lowest BCUT2D eigenvalue weighted by Crippen LogP contribution is -2.43. The van der Waals surface area contributed by atoms with Crippen molar-refractivity contribution in [3.8, 4) is 0 Å². The Hall–Kier alpha value is -0.620. The van der Waals surface area contributed by atoms with Gasteiger partial charge >= 0.3 is 0 Å². The molecule has 0 aromatic heterocycles. The molecule has 1 aliphatic rings. The number of hydrogen-bond acceptors (Lipinski definition) is 3. The average Bonchev–Trinajstić information content (AvgIpc) is 2.76. The highest BCUT2D eigenvalue weighted by molar-refractivity contribution is 9.10. The third-order valence-corrected chi connectivity index (χ3v) is 3.76. The Bertz CT molecular complexity index is 456. The van der Waals surface area contributed by atoms with Crippen LogP contribution in [0.15, 0.2) is 22.7 Å². The highest BCUT2D eigenvalue weighted by Gasteiger charge is 2.28. The highest BCUT2D eigenvalue weighted by atomic mass is 79.9. The summed E-state index contributed by atoms with van der Waals surface area (Å²) >= 11 is 9.35. The number of rotatable bonds is 3. The van der Waals surface area contributed by atoms with Crippen LogP contribution in [-0.4, -0.2) is 38.3 Å². The lowest BCUT2D eigenvalue weighted by atomic mass is 10.1. The molecule has 0 spiro atoms. The molecule has 4 nitrogen and oxygen atoms in total. The Morgan fingerprint density at radius 3 is 3.00 bits per heavy atom. The molecule has 0 saturated carbocycles. The molecule has 0 radical (unpaired) electrons. The third kappa shape index (κ3) is 3.03. The zero-order valence-corrected chi connectivity index (χ0v) is 12.2. The number of nitrogens with one attached hydrogen (secondary N) is 2. The van der Waals surface area contributed by atoms with Gasteiger partial charge in [0.05, 0.1) is 22.7 Å². The molecule has 2 atom stereocenters. The summed E-state index contributed by atoms with van der Waals surface area (Å²) in [4.78, 5) is 12.1. The molecule has 1 unspecified atom stereocenters. The van der Waals surface area contributed by atoms with Crippen molar-refractivity contribution in [2.75, 3.05) is 20.2 Å². The molecule has 0 aliphatic carbocycles. The van der Waals surface area contributed by atoms with E-state index in [1.54, 1.807) is 25.3 Å². The first-order chi connectivity index (χ1) is 8.61. The van der Waals surface area contributed by atoms with Crippen LogP contribution in [0.5, 0.6) is 0 Å². The molecule has 6 heteroatoms. The quantitative estimate of drug-likeness (QED) is 0.887. The summed E-state index contributed by atoms with van der Waals surface area (Å²) in [5, 5.41) is 6.54. The summed E-state index contributed by atoms with van der Waals surface area (Å²) in [6.45, 7) is 1.45. The molecule has 18 heavy (non-hydrogen) atoms. The Morgan fingerprint density at radius 2 is 2.33 bits per heavy atom. The van der Waals surface area contributed by atoms with Crippen molar-refractivity contribution in [3.05, 3.63) is 33.3 Å². The first-order valence-electron chi connectivity index (χ1n) is 5.61. The molecule has 1 heterocycles. The largest absolute Gasteiger partial charge is 0.378 e. The molecular formula is C12H14BrClN2O2. The Labute approximate surface area is 119 Å². The molecule has 1 aromatic carbocycles. The van der Waals surface area contributed by atoms with Crippen molar-refractivity contribution >= 4 is 33.4 Å².